The third kappa shape index (κ3) is 5.30. The summed E-state index contributed by atoms with van der Waals surface area (Å²) in [6, 6.07) is 7.94. The van der Waals surface area contributed by atoms with Crippen LogP contribution < -0.4 is 15.4 Å². The van der Waals surface area contributed by atoms with Gasteiger partial charge in [-0.2, -0.15) is 0 Å². The lowest BCUT2D eigenvalue weighted by Gasteiger charge is -2.09. The zero-order valence-corrected chi connectivity index (χ0v) is 18.2. The Morgan fingerprint density at radius 2 is 1.82 bits per heavy atom. The molecule has 148 valence electrons. The van der Waals surface area contributed by atoms with Gasteiger partial charge in [0.15, 0.2) is 5.96 Å². The summed E-state index contributed by atoms with van der Waals surface area (Å²) in [6.07, 6.45) is 0. The smallest absolute Gasteiger partial charge is 0.191 e. The number of aliphatic imine (C=N–C) groups is 1. The maximum Gasteiger partial charge on any atom is 0.191 e. The highest BCUT2D eigenvalue weighted by atomic mass is 32.1. The van der Waals surface area contributed by atoms with E-state index >= 15 is 0 Å². The zero-order valence-electron chi connectivity index (χ0n) is 16.5. The highest BCUT2D eigenvalue weighted by Gasteiger charge is 2.08. The molecule has 2 N–H and O–H groups in total. The zero-order chi connectivity index (χ0) is 19.9. The Kier molecular flexibility index (Phi) is 7.00. The van der Waals surface area contributed by atoms with E-state index in [2.05, 4.69) is 45.2 Å². The molecule has 0 radical (unpaired) electrons. The van der Waals surface area contributed by atoms with Crippen LogP contribution in [0.4, 0.5) is 0 Å². The molecule has 0 unspecified atom stereocenters. The molecule has 1 aromatic carbocycles. The monoisotopic (exact) mass is 415 g/mol. The number of ether oxygens (including phenoxy) is 1. The molecule has 0 fully saturated rings. The van der Waals surface area contributed by atoms with Gasteiger partial charge in [0, 0.05) is 23.4 Å². The first-order valence-corrected chi connectivity index (χ1v) is 10.8. The summed E-state index contributed by atoms with van der Waals surface area (Å²) in [5.41, 5.74) is 3.21. The number of aromatic nitrogens is 2. The molecule has 8 heteroatoms. The Morgan fingerprint density at radius 3 is 2.46 bits per heavy atom. The van der Waals surface area contributed by atoms with E-state index in [4.69, 9.17) is 9.72 Å². The summed E-state index contributed by atoms with van der Waals surface area (Å²) in [6.45, 7) is 5.58. The summed E-state index contributed by atoms with van der Waals surface area (Å²) >= 11 is 3.30. The largest absolute Gasteiger partial charge is 0.497 e. The van der Waals surface area contributed by atoms with Crippen molar-refractivity contribution in [3.05, 3.63) is 51.4 Å². The fourth-order valence-corrected chi connectivity index (χ4v) is 4.20. The van der Waals surface area contributed by atoms with Crippen LogP contribution in [-0.4, -0.2) is 30.1 Å². The van der Waals surface area contributed by atoms with Crippen molar-refractivity contribution in [3.8, 4) is 16.3 Å². The number of benzene rings is 1. The number of hydrogen-bond acceptors (Lipinski definition) is 6. The minimum absolute atomic E-state index is 0.451. The van der Waals surface area contributed by atoms with Crippen molar-refractivity contribution in [2.75, 3.05) is 14.2 Å². The van der Waals surface area contributed by atoms with E-state index in [1.54, 1.807) is 36.8 Å². The van der Waals surface area contributed by atoms with E-state index in [-0.39, 0.29) is 0 Å². The molecule has 3 aromatic rings. The summed E-state index contributed by atoms with van der Waals surface area (Å²) in [5, 5.41) is 12.8. The molecule has 2 aromatic heterocycles. The predicted octanol–water partition coefficient (Wildman–Crippen LogP) is 4.26. The molecule has 0 saturated carbocycles. The van der Waals surface area contributed by atoms with Gasteiger partial charge in [0.2, 0.25) is 0 Å². The fraction of sp³-hybridized carbons (Fsp3) is 0.350. The van der Waals surface area contributed by atoms with Crippen molar-refractivity contribution in [3.63, 3.8) is 0 Å². The van der Waals surface area contributed by atoms with E-state index in [1.165, 1.54) is 0 Å². The molecule has 28 heavy (non-hydrogen) atoms. The van der Waals surface area contributed by atoms with Gasteiger partial charge in [-0.3, -0.25) is 4.99 Å². The lowest BCUT2D eigenvalue weighted by Crippen LogP contribution is -2.36. The van der Waals surface area contributed by atoms with Crippen LogP contribution in [0.5, 0.6) is 5.75 Å². The van der Waals surface area contributed by atoms with E-state index < -0.39 is 0 Å². The fourth-order valence-electron chi connectivity index (χ4n) is 2.48. The standard InChI is InChI=1S/C20H25N5OS2/c1-13(2)17-12-27-18(25-17)10-23-20(21-3)22-9-15-11-28-19(24-15)14-5-7-16(26-4)8-6-14/h5-8,11-13H,9-10H2,1-4H3,(H2,21,22,23). The SMILES string of the molecule is CN=C(NCc1csc(-c2ccc(OC)cc2)n1)NCc1nc(C(C)C)cs1. The van der Waals surface area contributed by atoms with Crippen molar-refractivity contribution in [2.45, 2.75) is 32.9 Å². The van der Waals surface area contributed by atoms with Gasteiger partial charge in [-0.05, 0) is 30.2 Å². The molecule has 0 atom stereocenters. The third-order valence-electron chi connectivity index (χ3n) is 4.12. The predicted molar refractivity (Wildman–Crippen MR) is 117 cm³/mol. The third-order valence-corrected chi connectivity index (χ3v) is 5.92. The molecular formula is C20H25N5OS2. The molecule has 0 amide bonds. The summed E-state index contributed by atoms with van der Waals surface area (Å²) in [5.74, 6) is 2.03. The van der Waals surface area contributed by atoms with Gasteiger partial charge in [0.05, 0.1) is 31.6 Å². The van der Waals surface area contributed by atoms with Crippen molar-refractivity contribution in [1.29, 1.82) is 0 Å². The first-order chi connectivity index (χ1) is 13.6. The topological polar surface area (TPSA) is 71.4 Å². The molecule has 3 rings (SSSR count). The number of nitrogens with zero attached hydrogens (tertiary/aromatic N) is 3. The average molecular weight is 416 g/mol. The molecule has 0 aliphatic carbocycles. The van der Waals surface area contributed by atoms with Gasteiger partial charge in [-0.25, -0.2) is 9.97 Å². The minimum Gasteiger partial charge on any atom is -0.497 e. The highest BCUT2D eigenvalue weighted by Crippen LogP contribution is 2.25. The Morgan fingerprint density at radius 1 is 1.07 bits per heavy atom. The second kappa shape index (κ2) is 9.66. The van der Waals surface area contributed by atoms with Gasteiger partial charge in [0.1, 0.15) is 15.8 Å². The quantitative estimate of drug-likeness (QED) is 0.446. The van der Waals surface area contributed by atoms with Gasteiger partial charge in [-0.15, -0.1) is 22.7 Å². The van der Waals surface area contributed by atoms with Crippen LogP contribution in [0.25, 0.3) is 10.6 Å². The lowest BCUT2D eigenvalue weighted by molar-refractivity contribution is 0.415. The molecule has 2 heterocycles. The number of thiazole rings is 2. The highest BCUT2D eigenvalue weighted by molar-refractivity contribution is 7.13. The van der Waals surface area contributed by atoms with E-state index in [0.29, 0.717) is 19.0 Å². The molecule has 0 bridgehead atoms. The first-order valence-electron chi connectivity index (χ1n) is 9.06. The number of guanidine groups is 1. The summed E-state index contributed by atoms with van der Waals surface area (Å²) < 4.78 is 5.20. The summed E-state index contributed by atoms with van der Waals surface area (Å²) in [4.78, 5) is 13.6. The van der Waals surface area contributed by atoms with Crippen LogP contribution in [0.2, 0.25) is 0 Å². The van der Waals surface area contributed by atoms with Crippen molar-refractivity contribution in [1.82, 2.24) is 20.6 Å². The maximum absolute atomic E-state index is 5.20. The number of rotatable bonds is 7. The molecule has 0 spiro atoms. The molecule has 6 nitrogen and oxygen atoms in total. The van der Waals surface area contributed by atoms with E-state index in [1.807, 2.05) is 24.3 Å². The number of methoxy groups -OCH3 is 1. The van der Waals surface area contributed by atoms with Gasteiger partial charge < -0.3 is 15.4 Å². The average Bonchev–Trinajstić information content (AvgIpc) is 3.38. The first kappa shape index (κ1) is 20.3. The summed E-state index contributed by atoms with van der Waals surface area (Å²) in [7, 11) is 3.43. The van der Waals surface area contributed by atoms with E-state index in [9.17, 15) is 0 Å². The van der Waals surface area contributed by atoms with Crippen LogP contribution in [0.15, 0.2) is 40.0 Å². The van der Waals surface area contributed by atoms with Crippen LogP contribution >= 0.6 is 22.7 Å². The van der Waals surface area contributed by atoms with Crippen molar-refractivity contribution >= 4 is 28.6 Å². The number of hydrogen-bond donors (Lipinski definition) is 2. The normalized spacial score (nSPS) is 11.7. The van der Waals surface area contributed by atoms with Gasteiger partial charge in [0.25, 0.3) is 0 Å². The van der Waals surface area contributed by atoms with Crippen molar-refractivity contribution < 1.29 is 4.74 Å². The lowest BCUT2D eigenvalue weighted by atomic mass is 10.2. The van der Waals surface area contributed by atoms with Crippen LogP contribution in [0, 0.1) is 0 Å². The van der Waals surface area contributed by atoms with Crippen LogP contribution in [0.3, 0.4) is 0 Å². The Balaban J connectivity index is 1.52. The van der Waals surface area contributed by atoms with Crippen molar-refractivity contribution in [2.24, 2.45) is 4.99 Å². The van der Waals surface area contributed by atoms with Gasteiger partial charge in [-0.1, -0.05) is 13.8 Å². The Hall–Kier alpha value is -2.45. The Labute approximate surface area is 173 Å². The van der Waals surface area contributed by atoms with Gasteiger partial charge >= 0.3 is 0 Å². The second-order valence-corrected chi connectivity index (χ2v) is 8.27. The molecule has 0 aliphatic rings. The Bertz CT molecular complexity index is 915. The second-order valence-electron chi connectivity index (χ2n) is 6.47. The van der Waals surface area contributed by atoms with E-state index in [0.717, 1.165) is 38.7 Å². The maximum atomic E-state index is 5.20. The number of nitrogens with one attached hydrogen (secondary N) is 2. The van der Waals surface area contributed by atoms with Crippen LogP contribution in [0.1, 0.15) is 36.2 Å². The molecule has 0 saturated heterocycles. The molecular weight excluding hydrogens is 390 g/mol. The molecule has 0 aliphatic heterocycles. The minimum atomic E-state index is 0.451. The van der Waals surface area contributed by atoms with Crippen LogP contribution in [-0.2, 0) is 13.1 Å².